The average Bonchev–Trinajstić information content (AvgIpc) is 3.06. The van der Waals surface area contributed by atoms with Gasteiger partial charge in [0, 0.05) is 12.4 Å². The van der Waals surface area contributed by atoms with Crippen LogP contribution in [0.1, 0.15) is 17.0 Å². The molecule has 1 aromatic heterocycles. The molecule has 0 aliphatic carbocycles. The maximum atomic E-state index is 10.2. The molecule has 0 bridgehead atoms. The smallest absolute Gasteiger partial charge is 0.123 e. The van der Waals surface area contributed by atoms with E-state index in [0.29, 0.717) is 0 Å². The predicted octanol–water partition coefficient (Wildman–Crippen LogP) is 2.74. The highest BCUT2D eigenvalue weighted by molar-refractivity contribution is 5.46. The number of aromatic amines is 1. The summed E-state index contributed by atoms with van der Waals surface area (Å²) >= 11 is 0. The fraction of sp³-hybridized carbons (Fsp3) is 0.118. The standard InChI is InChI=1S/C17H16N2O/c20-13-17(16-18-11-12-19-16,14-7-3-1-4-8-14)15-9-5-2-6-10-15/h1-12,20H,13H2,(H,18,19). The van der Waals surface area contributed by atoms with Crippen molar-refractivity contribution in [1.29, 1.82) is 0 Å². The topological polar surface area (TPSA) is 48.9 Å². The van der Waals surface area contributed by atoms with E-state index < -0.39 is 5.41 Å². The number of aliphatic hydroxyl groups excluding tert-OH is 1. The van der Waals surface area contributed by atoms with Gasteiger partial charge in [-0.3, -0.25) is 0 Å². The first-order valence-corrected chi connectivity index (χ1v) is 6.59. The van der Waals surface area contributed by atoms with E-state index in [1.165, 1.54) is 0 Å². The Bertz CT molecular complexity index is 608. The van der Waals surface area contributed by atoms with Gasteiger partial charge in [-0.1, -0.05) is 60.7 Å². The maximum Gasteiger partial charge on any atom is 0.123 e. The molecule has 0 amide bonds. The molecule has 0 unspecified atom stereocenters. The summed E-state index contributed by atoms with van der Waals surface area (Å²) in [5.41, 5.74) is 1.37. The molecule has 0 saturated carbocycles. The van der Waals surface area contributed by atoms with Crippen LogP contribution in [0.2, 0.25) is 0 Å². The van der Waals surface area contributed by atoms with Crippen LogP contribution in [0.4, 0.5) is 0 Å². The molecule has 3 heteroatoms. The summed E-state index contributed by atoms with van der Waals surface area (Å²) < 4.78 is 0. The van der Waals surface area contributed by atoms with Crippen molar-refractivity contribution in [2.75, 3.05) is 6.61 Å². The second kappa shape index (κ2) is 5.31. The maximum absolute atomic E-state index is 10.2. The van der Waals surface area contributed by atoms with Gasteiger partial charge in [-0.05, 0) is 11.1 Å². The highest BCUT2D eigenvalue weighted by Crippen LogP contribution is 2.36. The highest BCUT2D eigenvalue weighted by atomic mass is 16.3. The zero-order valence-corrected chi connectivity index (χ0v) is 11.0. The van der Waals surface area contributed by atoms with Gasteiger partial charge in [0.05, 0.1) is 6.61 Å². The third kappa shape index (κ3) is 1.92. The van der Waals surface area contributed by atoms with E-state index >= 15 is 0 Å². The van der Waals surface area contributed by atoms with Gasteiger partial charge in [-0.2, -0.15) is 0 Å². The first-order chi connectivity index (χ1) is 9.88. The minimum atomic E-state index is -0.661. The fourth-order valence-electron chi connectivity index (χ4n) is 2.64. The average molecular weight is 264 g/mol. The third-order valence-electron chi connectivity index (χ3n) is 3.67. The molecule has 0 saturated heterocycles. The number of nitrogens with one attached hydrogen (secondary N) is 1. The van der Waals surface area contributed by atoms with Crippen LogP contribution in [0.5, 0.6) is 0 Å². The van der Waals surface area contributed by atoms with Gasteiger partial charge in [0.25, 0.3) is 0 Å². The van der Waals surface area contributed by atoms with Gasteiger partial charge >= 0.3 is 0 Å². The van der Waals surface area contributed by atoms with E-state index in [0.717, 1.165) is 17.0 Å². The molecule has 1 heterocycles. The van der Waals surface area contributed by atoms with Crippen LogP contribution in [0.25, 0.3) is 0 Å². The van der Waals surface area contributed by atoms with Gasteiger partial charge in [0.15, 0.2) is 0 Å². The van der Waals surface area contributed by atoms with E-state index in [1.54, 1.807) is 12.4 Å². The third-order valence-corrected chi connectivity index (χ3v) is 3.67. The van der Waals surface area contributed by atoms with Crippen molar-refractivity contribution >= 4 is 0 Å². The van der Waals surface area contributed by atoms with Crippen LogP contribution in [-0.2, 0) is 5.41 Å². The van der Waals surface area contributed by atoms with Crippen molar-refractivity contribution in [3.05, 3.63) is 90.0 Å². The summed E-state index contributed by atoms with van der Waals surface area (Å²) in [5.74, 6) is 0.748. The Hall–Kier alpha value is -2.39. The number of nitrogens with zero attached hydrogens (tertiary/aromatic N) is 1. The molecule has 0 atom stereocenters. The van der Waals surface area contributed by atoms with E-state index in [9.17, 15) is 5.11 Å². The van der Waals surface area contributed by atoms with E-state index in [-0.39, 0.29) is 6.61 Å². The first kappa shape index (κ1) is 12.6. The van der Waals surface area contributed by atoms with Crippen molar-refractivity contribution < 1.29 is 5.11 Å². The molecule has 2 N–H and O–H groups in total. The summed E-state index contributed by atoms with van der Waals surface area (Å²) in [6, 6.07) is 19.9. The molecule has 20 heavy (non-hydrogen) atoms. The summed E-state index contributed by atoms with van der Waals surface area (Å²) in [6.45, 7) is -0.0471. The first-order valence-electron chi connectivity index (χ1n) is 6.59. The second-order valence-electron chi connectivity index (χ2n) is 4.73. The summed E-state index contributed by atoms with van der Waals surface area (Å²) in [7, 11) is 0. The second-order valence-corrected chi connectivity index (χ2v) is 4.73. The summed E-state index contributed by atoms with van der Waals surface area (Å²) in [6.07, 6.45) is 3.50. The van der Waals surface area contributed by atoms with Crippen LogP contribution >= 0.6 is 0 Å². The molecule has 3 rings (SSSR count). The lowest BCUT2D eigenvalue weighted by molar-refractivity contribution is 0.238. The van der Waals surface area contributed by atoms with Crippen molar-refractivity contribution in [3.63, 3.8) is 0 Å². The number of hydrogen-bond acceptors (Lipinski definition) is 2. The van der Waals surface area contributed by atoms with Crippen molar-refractivity contribution in [2.45, 2.75) is 5.41 Å². The Kier molecular flexibility index (Phi) is 3.35. The molecule has 0 radical (unpaired) electrons. The largest absolute Gasteiger partial charge is 0.395 e. The zero-order chi connectivity index (χ0) is 13.8. The number of rotatable bonds is 4. The number of hydrogen-bond donors (Lipinski definition) is 2. The van der Waals surface area contributed by atoms with Gasteiger partial charge < -0.3 is 10.1 Å². The molecule has 2 aromatic carbocycles. The number of benzene rings is 2. The Morgan fingerprint density at radius 2 is 1.45 bits per heavy atom. The molecule has 100 valence electrons. The zero-order valence-electron chi connectivity index (χ0n) is 11.0. The lowest BCUT2D eigenvalue weighted by atomic mass is 9.74. The molecule has 0 aliphatic rings. The van der Waals surface area contributed by atoms with E-state index in [4.69, 9.17) is 0 Å². The van der Waals surface area contributed by atoms with Crippen molar-refractivity contribution in [1.82, 2.24) is 9.97 Å². The van der Waals surface area contributed by atoms with E-state index in [2.05, 4.69) is 9.97 Å². The molecule has 3 nitrogen and oxygen atoms in total. The van der Waals surface area contributed by atoms with Gasteiger partial charge in [0.2, 0.25) is 0 Å². The number of aromatic nitrogens is 2. The van der Waals surface area contributed by atoms with Crippen LogP contribution in [0, 0.1) is 0 Å². The van der Waals surface area contributed by atoms with Gasteiger partial charge in [-0.25, -0.2) is 4.98 Å². The Labute approximate surface area is 117 Å². The minimum absolute atomic E-state index is 0.0471. The monoisotopic (exact) mass is 264 g/mol. The van der Waals surface area contributed by atoms with Crippen molar-refractivity contribution in [2.24, 2.45) is 0 Å². The molecule has 0 fully saturated rings. The van der Waals surface area contributed by atoms with Gasteiger partial charge in [-0.15, -0.1) is 0 Å². The summed E-state index contributed by atoms with van der Waals surface area (Å²) in [5, 5.41) is 10.2. The van der Waals surface area contributed by atoms with Crippen LogP contribution in [0.15, 0.2) is 73.1 Å². The summed E-state index contributed by atoms with van der Waals surface area (Å²) in [4.78, 5) is 7.55. The molecular weight excluding hydrogens is 248 g/mol. The normalized spacial score (nSPS) is 11.4. The van der Waals surface area contributed by atoms with Crippen molar-refractivity contribution in [3.8, 4) is 0 Å². The fourth-order valence-corrected chi connectivity index (χ4v) is 2.64. The molecular formula is C17H16N2O. The Morgan fingerprint density at radius 3 is 1.85 bits per heavy atom. The molecule has 0 aliphatic heterocycles. The number of aliphatic hydroxyl groups is 1. The predicted molar refractivity (Wildman–Crippen MR) is 78.4 cm³/mol. The lowest BCUT2D eigenvalue weighted by Crippen LogP contribution is -2.34. The molecule has 3 aromatic rings. The number of H-pyrrole nitrogens is 1. The van der Waals surface area contributed by atoms with Crippen LogP contribution in [-0.4, -0.2) is 21.7 Å². The minimum Gasteiger partial charge on any atom is -0.395 e. The van der Waals surface area contributed by atoms with Crippen LogP contribution < -0.4 is 0 Å². The number of imidazole rings is 1. The Morgan fingerprint density at radius 1 is 0.900 bits per heavy atom. The Balaban J connectivity index is 2.27. The highest BCUT2D eigenvalue weighted by Gasteiger charge is 2.38. The lowest BCUT2D eigenvalue weighted by Gasteiger charge is -2.31. The van der Waals surface area contributed by atoms with Gasteiger partial charge in [0.1, 0.15) is 11.2 Å². The molecule has 0 spiro atoms. The SMILES string of the molecule is OCC(c1ccccc1)(c1ccccc1)c1ncc[nH]1. The van der Waals surface area contributed by atoms with E-state index in [1.807, 2.05) is 60.7 Å². The van der Waals surface area contributed by atoms with Crippen LogP contribution in [0.3, 0.4) is 0 Å². The quantitative estimate of drug-likeness (QED) is 0.761.